The molecule has 0 unspecified atom stereocenters. The fraction of sp³-hybridized carbons (Fsp3) is 0. The fourth-order valence-corrected chi connectivity index (χ4v) is 1.24. The Balaban J connectivity index is 0.00000121. The molecule has 1 rings (SSSR count). The zero-order chi connectivity index (χ0) is 8.32. The van der Waals surface area contributed by atoms with Gasteiger partial charge in [-0.3, -0.25) is 0 Å². The zero-order valence-electron chi connectivity index (χ0n) is 6.60. The Morgan fingerprint density at radius 3 is 2.08 bits per heavy atom. The van der Waals surface area contributed by atoms with E-state index in [1.165, 1.54) is 12.1 Å². The van der Waals surface area contributed by atoms with Crippen molar-refractivity contribution in [3.05, 3.63) is 30.3 Å². The maximum Gasteiger partial charge on any atom is 0.312 e. The Bertz CT molecular complexity index is 324. The Kier molecular flexibility index (Phi) is 5.00. The minimum Gasteiger partial charge on any atom is -0.197 e. The SMILES string of the molecule is NOS(=O)(=O)c1ccccc1.[Na]. The average molecular weight is 196 g/mol. The normalized spacial score (nSPS) is 10.4. The van der Waals surface area contributed by atoms with Crippen LogP contribution in [0.4, 0.5) is 0 Å². The van der Waals surface area contributed by atoms with Crippen LogP contribution in [0.2, 0.25) is 0 Å². The van der Waals surface area contributed by atoms with Gasteiger partial charge in [0.15, 0.2) is 0 Å². The molecule has 0 aliphatic carbocycles. The van der Waals surface area contributed by atoms with E-state index in [4.69, 9.17) is 0 Å². The summed E-state index contributed by atoms with van der Waals surface area (Å²) >= 11 is 0. The van der Waals surface area contributed by atoms with Gasteiger partial charge in [-0.25, -0.2) is 0 Å². The summed E-state index contributed by atoms with van der Waals surface area (Å²) < 4.78 is 25.5. The number of hydrogen-bond acceptors (Lipinski definition) is 4. The number of hydrogen-bond donors (Lipinski definition) is 1. The molecular weight excluding hydrogens is 189 g/mol. The van der Waals surface area contributed by atoms with Crippen LogP contribution >= 0.6 is 0 Å². The summed E-state index contributed by atoms with van der Waals surface area (Å²) in [4.78, 5) is 0.0579. The summed E-state index contributed by atoms with van der Waals surface area (Å²) in [6, 6.07) is 7.69. The van der Waals surface area contributed by atoms with Gasteiger partial charge in [-0.1, -0.05) is 18.2 Å². The van der Waals surface area contributed by atoms with Gasteiger partial charge in [0.1, 0.15) is 0 Å². The van der Waals surface area contributed by atoms with E-state index in [1.54, 1.807) is 18.2 Å². The van der Waals surface area contributed by atoms with Gasteiger partial charge in [0.2, 0.25) is 0 Å². The van der Waals surface area contributed by atoms with Crippen LogP contribution in [0.5, 0.6) is 0 Å². The van der Waals surface area contributed by atoms with Crippen molar-refractivity contribution in [3.63, 3.8) is 0 Å². The summed E-state index contributed by atoms with van der Waals surface area (Å²) in [7, 11) is -3.72. The molecule has 6 heteroatoms. The summed E-state index contributed by atoms with van der Waals surface area (Å²) in [5.41, 5.74) is 0. The fourth-order valence-electron chi connectivity index (χ4n) is 0.643. The minimum atomic E-state index is -3.72. The molecule has 61 valence electrons. The first-order valence-electron chi connectivity index (χ1n) is 2.85. The second-order valence-electron chi connectivity index (χ2n) is 1.86. The number of nitrogens with two attached hydrogens (primary N) is 1. The third-order valence-corrected chi connectivity index (χ3v) is 2.26. The largest absolute Gasteiger partial charge is 0.312 e. The van der Waals surface area contributed by atoms with Crippen LogP contribution in [-0.4, -0.2) is 38.0 Å². The molecule has 1 radical (unpaired) electrons. The molecule has 0 saturated heterocycles. The summed E-state index contributed by atoms with van der Waals surface area (Å²) in [6.07, 6.45) is 0. The van der Waals surface area contributed by atoms with Gasteiger partial charge in [0.05, 0.1) is 4.90 Å². The van der Waals surface area contributed by atoms with Crippen LogP contribution in [0.15, 0.2) is 35.2 Å². The van der Waals surface area contributed by atoms with Gasteiger partial charge in [-0.05, 0) is 12.1 Å². The van der Waals surface area contributed by atoms with Crippen molar-refractivity contribution < 1.29 is 12.7 Å². The van der Waals surface area contributed by atoms with E-state index in [1.807, 2.05) is 0 Å². The van der Waals surface area contributed by atoms with Gasteiger partial charge in [-0.2, -0.15) is 18.6 Å². The van der Waals surface area contributed by atoms with Crippen LogP contribution in [0.1, 0.15) is 0 Å². The van der Waals surface area contributed by atoms with Crippen molar-refractivity contribution >= 4 is 39.7 Å². The second-order valence-corrected chi connectivity index (χ2v) is 3.44. The van der Waals surface area contributed by atoms with Crippen molar-refractivity contribution in [2.45, 2.75) is 4.90 Å². The van der Waals surface area contributed by atoms with Crippen LogP contribution in [0.25, 0.3) is 0 Å². The van der Waals surface area contributed by atoms with Gasteiger partial charge in [-0.15, -0.1) is 0 Å². The minimum absolute atomic E-state index is 0. The van der Waals surface area contributed by atoms with E-state index in [0.29, 0.717) is 0 Å². The van der Waals surface area contributed by atoms with E-state index in [9.17, 15) is 8.42 Å². The molecule has 0 aromatic heterocycles. The first-order valence-corrected chi connectivity index (χ1v) is 4.26. The molecule has 2 N–H and O–H groups in total. The molecule has 1 aromatic carbocycles. The van der Waals surface area contributed by atoms with E-state index in [2.05, 4.69) is 10.2 Å². The maximum atomic E-state index is 10.9. The maximum absolute atomic E-state index is 10.9. The van der Waals surface area contributed by atoms with Crippen LogP contribution in [0, 0.1) is 0 Å². The smallest absolute Gasteiger partial charge is 0.197 e. The van der Waals surface area contributed by atoms with Crippen LogP contribution in [-0.2, 0) is 14.4 Å². The molecule has 0 amide bonds. The van der Waals surface area contributed by atoms with Crippen molar-refractivity contribution in [3.8, 4) is 0 Å². The Hall–Kier alpha value is 0.0900. The van der Waals surface area contributed by atoms with E-state index in [0.717, 1.165) is 0 Å². The van der Waals surface area contributed by atoms with Crippen molar-refractivity contribution in [2.75, 3.05) is 0 Å². The molecule has 0 aliphatic heterocycles. The van der Waals surface area contributed by atoms with Crippen LogP contribution in [0.3, 0.4) is 0 Å². The van der Waals surface area contributed by atoms with Crippen LogP contribution < -0.4 is 5.90 Å². The first kappa shape index (κ1) is 12.1. The Morgan fingerprint density at radius 1 is 1.17 bits per heavy atom. The van der Waals surface area contributed by atoms with E-state index >= 15 is 0 Å². The Morgan fingerprint density at radius 2 is 1.67 bits per heavy atom. The topological polar surface area (TPSA) is 69.4 Å². The molecule has 0 fully saturated rings. The third-order valence-electron chi connectivity index (χ3n) is 1.16. The monoisotopic (exact) mass is 196 g/mol. The van der Waals surface area contributed by atoms with Gasteiger partial charge < -0.3 is 0 Å². The summed E-state index contributed by atoms with van der Waals surface area (Å²) in [6.45, 7) is 0. The number of rotatable bonds is 2. The Labute approximate surface area is 93.1 Å². The molecular formula is C6H7NNaO3S. The quantitative estimate of drug-likeness (QED) is 0.529. The number of benzene rings is 1. The van der Waals surface area contributed by atoms with Crippen molar-refractivity contribution in [1.29, 1.82) is 0 Å². The summed E-state index contributed by atoms with van der Waals surface area (Å²) in [5, 5.41) is 0. The molecule has 0 saturated carbocycles. The summed E-state index contributed by atoms with van der Waals surface area (Å²) in [5.74, 6) is 4.55. The standard InChI is InChI=1S/C6H7NO3S.Na/c7-10-11(8,9)6-4-2-1-3-5-6;/h1-5H,7H2;. The predicted octanol–water partition coefficient (Wildman–Crippen LogP) is -0.115. The van der Waals surface area contributed by atoms with Gasteiger partial charge in [0, 0.05) is 29.6 Å². The second kappa shape index (κ2) is 4.96. The average Bonchev–Trinajstić information content (AvgIpc) is 2.06. The molecule has 4 nitrogen and oxygen atoms in total. The molecule has 1 aromatic rings. The molecule has 12 heavy (non-hydrogen) atoms. The van der Waals surface area contributed by atoms with Gasteiger partial charge in [0.25, 0.3) is 0 Å². The zero-order valence-corrected chi connectivity index (χ0v) is 9.41. The molecule has 0 heterocycles. The molecule has 0 aliphatic rings. The van der Waals surface area contributed by atoms with Crippen molar-refractivity contribution in [1.82, 2.24) is 0 Å². The predicted molar refractivity (Wildman–Crippen MR) is 44.7 cm³/mol. The molecule has 0 bridgehead atoms. The third kappa shape index (κ3) is 2.85. The first-order chi connectivity index (χ1) is 5.17. The molecule has 0 spiro atoms. The van der Waals surface area contributed by atoms with Gasteiger partial charge >= 0.3 is 10.1 Å². The van der Waals surface area contributed by atoms with Crippen molar-refractivity contribution in [2.24, 2.45) is 5.90 Å². The van der Waals surface area contributed by atoms with E-state index < -0.39 is 10.1 Å². The molecule has 0 atom stereocenters. The van der Waals surface area contributed by atoms with E-state index in [-0.39, 0.29) is 34.5 Å².